The lowest BCUT2D eigenvalue weighted by Crippen LogP contribution is -2.32. The van der Waals surface area contributed by atoms with Crippen molar-refractivity contribution in [3.63, 3.8) is 0 Å². The standard InChI is InChI=1S/C8H12NO3P/c1-8(9,13(10,11)12)7-5-3-2-4-6-7/h2-6H,9H2,1H3,(H2,10,11,12). The first-order chi connectivity index (χ1) is 5.86. The van der Waals surface area contributed by atoms with Crippen LogP contribution in [0.1, 0.15) is 12.5 Å². The van der Waals surface area contributed by atoms with Crippen LogP contribution in [0.2, 0.25) is 0 Å². The summed E-state index contributed by atoms with van der Waals surface area (Å²) in [5.74, 6) is 0. The van der Waals surface area contributed by atoms with Gasteiger partial charge in [-0.2, -0.15) is 0 Å². The zero-order chi connectivity index (χ0) is 10.1. The van der Waals surface area contributed by atoms with Crippen LogP contribution in [0.4, 0.5) is 0 Å². The van der Waals surface area contributed by atoms with E-state index in [1.165, 1.54) is 6.92 Å². The van der Waals surface area contributed by atoms with E-state index in [2.05, 4.69) is 0 Å². The van der Waals surface area contributed by atoms with Gasteiger partial charge in [0.2, 0.25) is 0 Å². The average molecular weight is 201 g/mol. The molecule has 13 heavy (non-hydrogen) atoms. The van der Waals surface area contributed by atoms with E-state index in [1.54, 1.807) is 30.3 Å². The molecule has 4 N–H and O–H groups in total. The summed E-state index contributed by atoms with van der Waals surface area (Å²) in [6, 6.07) is 8.34. The molecule has 0 bridgehead atoms. The molecule has 0 aliphatic rings. The molecule has 0 aliphatic heterocycles. The van der Waals surface area contributed by atoms with E-state index < -0.39 is 12.9 Å². The highest BCUT2D eigenvalue weighted by molar-refractivity contribution is 7.53. The van der Waals surface area contributed by atoms with Gasteiger partial charge in [0.25, 0.3) is 0 Å². The van der Waals surface area contributed by atoms with Gasteiger partial charge in [-0.3, -0.25) is 4.57 Å². The van der Waals surface area contributed by atoms with E-state index in [-0.39, 0.29) is 0 Å². The lowest BCUT2D eigenvalue weighted by Gasteiger charge is -2.25. The first-order valence-electron chi connectivity index (χ1n) is 3.76. The second-order valence-corrected chi connectivity index (χ2v) is 5.07. The predicted octanol–water partition coefficient (Wildman–Crippen LogP) is 0.996. The molecule has 4 nitrogen and oxygen atoms in total. The van der Waals surface area contributed by atoms with E-state index in [0.29, 0.717) is 5.56 Å². The van der Waals surface area contributed by atoms with Crippen LogP contribution >= 0.6 is 7.60 Å². The fraction of sp³-hybridized carbons (Fsp3) is 0.250. The van der Waals surface area contributed by atoms with Gasteiger partial charge in [0.1, 0.15) is 5.28 Å². The lowest BCUT2D eigenvalue weighted by atomic mass is 10.1. The number of hydrogen-bond acceptors (Lipinski definition) is 2. The molecule has 0 aromatic heterocycles. The lowest BCUT2D eigenvalue weighted by molar-refractivity contribution is 0.333. The highest BCUT2D eigenvalue weighted by atomic mass is 31.2. The molecule has 5 heteroatoms. The number of hydrogen-bond donors (Lipinski definition) is 3. The van der Waals surface area contributed by atoms with Gasteiger partial charge in [-0.05, 0) is 12.5 Å². The van der Waals surface area contributed by atoms with Crippen molar-refractivity contribution in [2.45, 2.75) is 12.2 Å². The van der Waals surface area contributed by atoms with Crippen LogP contribution in [0.3, 0.4) is 0 Å². The normalized spacial score (nSPS) is 16.6. The minimum Gasteiger partial charge on any atom is -0.323 e. The molecule has 0 fully saturated rings. The maximum absolute atomic E-state index is 11.0. The fourth-order valence-corrected chi connectivity index (χ4v) is 1.43. The molecular formula is C8H12NO3P. The Hall–Kier alpha value is -0.670. The Morgan fingerprint density at radius 2 is 1.77 bits per heavy atom. The minimum atomic E-state index is -4.31. The molecule has 1 unspecified atom stereocenters. The predicted molar refractivity (Wildman–Crippen MR) is 50.0 cm³/mol. The van der Waals surface area contributed by atoms with E-state index in [1.807, 2.05) is 0 Å². The van der Waals surface area contributed by atoms with Crippen LogP contribution in [-0.4, -0.2) is 9.79 Å². The second kappa shape index (κ2) is 3.24. The second-order valence-electron chi connectivity index (χ2n) is 3.06. The Morgan fingerprint density at radius 1 is 1.31 bits per heavy atom. The van der Waals surface area contributed by atoms with Crippen molar-refractivity contribution in [2.24, 2.45) is 5.73 Å². The van der Waals surface area contributed by atoms with Crippen LogP contribution < -0.4 is 5.73 Å². The highest BCUT2D eigenvalue weighted by Gasteiger charge is 2.39. The summed E-state index contributed by atoms with van der Waals surface area (Å²) >= 11 is 0. The summed E-state index contributed by atoms with van der Waals surface area (Å²) in [4.78, 5) is 18.0. The topological polar surface area (TPSA) is 83.6 Å². The van der Waals surface area contributed by atoms with Crippen molar-refractivity contribution in [1.29, 1.82) is 0 Å². The third-order valence-electron chi connectivity index (χ3n) is 1.96. The first-order valence-corrected chi connectivity index (χ1v) is 5.37. The molecular weight excluding hydrogens is 189 g/mol. The molecule has 0 aliphatic carbocycles. The molecule has 1 atom stereocenters. The average Bonchev–Trinajstić information content (AvgIpc) is 2.04. The number of rotatable bonds is 2. The van der Waals surface area contributed by atoms with Crippen LogP contribution in [0, 0.1) is 0 Å². The van der Waals surface area contributed by atoms with E-state index in [4.69, 9.17) is 15.5 Å². The summed E-state index contributed by atoms with van der Waals surface area (Å²) in [5.41, 5.74) is 5.99. The molecule has 0 heterocycles. The zero-order valence-corrected chi connectivity index (χ0v) is 8.11. The Labute approximate surface area is 76.6 Å². The number of nitrogens with two attached hydrogens (primary N) is 1. The molecule has 1 aromatic rings. The van der Waals surface area contributed by atoms with Gasteiger partial charge in [-0.25, -0.2) is 0 Å². The summed E-state index contributed by atoms with van der Waals surface area (Å²) < 4.78 is 11.0. The Bertz CT molecular complexity index is 331. The highest BCUT2D eigenvalue weighted by Crippen LogP contribution is 2.52. The van der Waals surface area contributed by atoms with Crippen molar-refractivity contribution in [1.82, 2.24) is 0 Å². The van der Waals surface area contributed by atoms with Crippen molar-refractivity contribution in [3.8, 4) is 0 Å². The monoisotopic (exact) mass is 201 g/mol. The van der Waals surface area contributed by atoms with Gasteiger partial charge in [-0.15, -0.1) is 0 Å². The van der Waals surface area contributed by atoms with Gasteiger partial charge in [0, 0.05) is 0 Å². The summed E-state index contributed by atoms with van der Waals surface area (Å²) in [7, 11) is -4.31. The fourth-order valence-electron chi connectivity index (χ4n) is 0.944. The van der Waals surface area contributed by atoms with Crippen molar-refractivity contribution in [2.75, 3.05) is 0 Å². The Morgan fingerprint density at radius 3 is 2.15 bits per heavy atom. The van der Waals surface area contributed by atoms with Gasteiger partial charge >= 0.3 is 7.60 Å². The van der Waals surface area contributed by atoms with Crippen LogP contribution in [0.5, 0.6) is 0 Å². The van der Waals surface area contributed by atoms with Crippen LogP contribution in [0.15, 0.2) is 30.3 Å². The first kappa shape index (κ1) is 10.4. The van der Waals surface area contributed by atoms with Crippen molar-refractivity contribution in [3.05, 3.63) is 35.9 Å². The van der Waals surface area contributed by atoms with E-state index >= 15 is 0 Å². The SMILES string of the molecule is CC(N)(c1ccccc1)P(=O)(O)O. The van der Waals surface area contributed by atoms with E-state index in [9.17, 15) is 4.57 Å². The van der Waals surface area contributed by atoms with Gasteiger partial charge in [-0.1, -0.05) is 30.3 Å². The molecule has 0 radical (unpaired) electrons. The minimum absolute atomic E-state index is 0.434. The van der Waals surface area contributed by atoms with Crippen molar-refractivity contribution < 1.29 is 14.4 Å². The Kier molecular flexibility index (Phi) is 2.59. The van der Waals surface area contributed by atoms with Crippen LogP contribution in [-0.2, 0) is 9.85 Å². The molecule has 1 rings (SSSR count). The molecule has 0 spiro atoms. The van der Waals surface area contributed by atoms with Gasteiger partial charge < -0.3 is 15.5 Å². The molecule has 1 aromatic carbocycles. The maximum atomic E-state index is 11.0. The smallest absolute Gasteiger partial charge is 0.323 e. The summed E-state index contributed by atoms with van der Waals surface area (Å²) in [6.07, 6.45) is 0. The largest absolute Gasteiger partial charge is 0.349 e. The third kappa shape index (κ3) is 1.98. The van der Waals surface area contributed by atoms with Gasteiger partial charge in [0.15, 0.2) is 0 Å². The molecule has 0 amide bonds. The summed E-state index contributed by atoms with van der Waals surface area (Å²) in [5, 5.41) is -1.60. The van der Waals surface area contributed by atoms with Gasteiger partial charge in [0.05, 0.1) is 0 Å². The zero-order valence-electron chi connectivity index (χ0n) is 7.21. The molecule has 0 saturated carbocycles. The van der Waals surface area contributed by atoms with E-state index in [0.717, 1.165) is 0 Å². The quantitative estimate of drug-likeness (QED) is 0.623. The maximum Gasteiger partial charge on any atom is 0.349 e. The molecule has 0 saturated heterocycles. The third-order valence-corrected chi connectivity index (χ3v) is 3.43. The number of benzene rings is 1. The summed E-state index contributed by atoms with van der Waals surface area (Å²) in [6.45, 7) is 1.32. The molecule has 72 valence electrons. The van der Waals surface area contributed by atoms with Crippen molar-refractivity contribution >= 4 is 7.60 Å². The Balaban J connectivity index is 3.16. The van der Waals surface area contributed by atoms with Crippen LogP contribution in [0.25, 0.3) is 0 Å².